The Bertz CT molecular complexity index is 1240. The van der Waals surface area contributed by atoms with Gasteiger partial charge in [-0.15, -0.1) is 0 Å². The molecule has 0 amide bonds. The molecule has 5 nitrogen and oxygen atoms in total. The third-order valence-electron chi connectivity index (χ3n) is 3.98. The molecule has 0 atom stereocenters. The minimum atomic E-state index is 0.157. The maximum absolute atomic E-state index is 10.2. The summed E-state index contributed by atoms with van der Waals surface area (Å²) in [5.41, 5.74) is 3.43. The first-order valence-corrected chi connectivity index (χ1v) is 11.0. The van der Waals surface area contributed by atoms with E-state index < -0.39 is 0 Å². The predicted octanol–water partition coefficient (Wildman–Crippen LogP) is 6.63. The Kier molecular flexibility index (Phi) is 5.61. The van der Waals surface area contributed by atoms with Crippen LogP contribution in [0.5, 0.6) is 11.5 Å². The highest BCUT2D eigenvalue weighted by Crippen LogP contribution is 2.32. The molecule has 0 fully saturated rings. The SMILES string of the molecule is Oc1ccc(-c2nc3cc(N=Cc4cc(I)cc(I)c4O)ccc3o2)cc1Br. The number of fused-ring (bicyclic) bond motifs is 1. The number of oxazole rings is 1. The lowest BCUT2D eigenvalue weighted by atomic mass is 10.2. The monoisotopic (exact) mass is 660 g/mol. The van der Waals surface area contributed by atoms with Crippen molar-refractivity contribution in [2.75, 3.05) is 0 Å². The first-order valence-electron chi connectivity index (χ1n) is 8.02. The van der Waals surface area contributed by atoms with Crippen LogP contribution in [0.3, 0.4) is 0 Å². The van der Waals surface area contributed by atoms with Crippen molar-refractivity contribution >= 4 is 84.1 Å². The minimum Gasteiger partial charge on any atom is -0.507 e. The Morgan fingerprint density at radius 3 is 2.64 bits per heavy atom. The summed E-state index contributed by atoms with van der Waals surface area (Å²) in [5, 5.41) is 19.8. The van der Waals surface area contributed by atoms with Gasteiger partial charge in [-0.25, -0.2) is 4.98 Å². The lowest BCUT2D eigenvalue weighted by Gasteiger charge is -2.02. The summed E-state index contributed by atoms with van der Waals surface area (Å²) in [5.74, 6) is 0.832. The van der Waals surface area contributed by atoms with Gasteiger partial charge in [-0.1, -0.05) is 0 Å². The van der Waals surface area contributed by atoms with Crippen LogP contribution in [0.25, 0.3) is 22.6 Å². The van der Waals surface area contributed by atoms with E-state index in [-0.39, 0.29) is 11.5 Å². The number of aromatic nitrogens is 1. The van der Waals surface area contributed by atoms with E-state index in [1.807, 2.05) is 30.3 Å². The molecule has 0 saturated carbocycles. The molecule has 0 aliphatic carbocycles. The van der Waals surface area contributed by atoms with E-state index in [9.17, 15) is 10.2 Å². The van der Waals surface area contributed by atoms with Crippen molar-refractivity contribution in [3.63, 3.8) is 0 Å². The molecule has 1 aromatic heterocycles. The molecule has 8 heteroatoms. The number of aliphatic imine (C=N–C) groups is 1. The van der Waals surface area contributed by atoms with Gasteiger partial charge in [-0.05, 0) is 110 Å². The van der Waals surface area contributed by atoms with Crippen LogP contribution in [-0.2, 0) is 0 Å². The highest BCUT2D eigenvalue weighted by molar-refractivity contribution is 14.1. The van der Waals surface area contributed by atoms with Crippen molar-refractivity contribution in [3.8, 4) is 23.0 Å². The van der Waals surface area contributed by atoms with Crippen LogP contribution in [-0.4, -0.2) is 21.4 Å². The highest BCUT2D eigenvalue weighted by Gasteiger charge is 2.11. The zero-order chi connectivity index (χ0) is 19.8. The summed E-state index contributed by atoms with van der Waals surface area (Å²) in [6, 6.07) is 14.3. The quantitative estimate of drug-likeness (QED) is 0.191. The second kappa shape index (κ2) is 7.99. The van der Waals surface area contributed by atoms with Crippen molar-refractivity contribution in [2.24, 2.45) is 4.99 Å². The first kappa shape index (κ1) is 19.6. The predicted molar refractivity (Wildman–Crippen MR) is 130 cm³/mol. The maximum Gasteiger partial charge on any atom is 0.227 e. The van der Waals surface area contributed by atoms with Crippen LogP contribution in [0.1, 0.15) is 5.56 Å². The summed E-state index contributed by atoms with van der Waals surface area (Å²) in [7, 11) is 0. The Hall–Kier alpha value is -1.66. The third-order valence-corrected chi connectivity index (χ3v) is 6.06. The van der Waals surface area contributed by atoms with E-state index in [0.29, 0.717) is 32.7 Å². The van der Waals surface area contributed by atoms with Gasteiger partial charge < -0.3 is 14.6 Å². The number of nitrogens with zero attached hydrogens (tertiary/aromatic N) is 2. The normalized spacial score (nSPS) is 11.5. The van der Waals surface area contributed by atoms with Gasteiger partial charge in [0.2, 0.25) is 5.89 Å². The maximum atomic E-state index is 10.2. The second-order valence-electron chi connectivity index (χ2n) is 5.92. The van der Waals surface area contributed by atoms with Gasteiger partial charge >= 0.3 is 0 Å². The summed E-state index contributed by atoms with van der Waals surface area (Å²) in [6.07, 6.45) is 1.64. The van der Waals surface area contributed by atoms with E-state index in [1.165, 1.54) is 0 Å². The molecule has 0 aliphatic heterocycles. The minimum absolute atomic E-state index is 0.157. The van der Waals surface area contributed by atoms with Crippen molar-refractivity contribution in [2.45, 2.75) is 0 Å². The van der Waals surface area contributed by atoms with Crippen molar-refractivity contribution in [1.82, 2.24) is 4.98 Å². The average molecular weight is 661 g/mol. The molecular weight excluding hydrogens is 650 g/mol. The topological polar surface area (TPSA) is 78.9 Å². The third kappa shape index (κ3) is 4.03. The molecule has 0 bridgehead atoms. The van der Waals surface area contributed by atoms with Crippen LogP contribution in [0.4, 0.5) is 5.69 Å². The number of hydrogen-bond donors (Lipinski definition) is 2. The average Bonchev–Trinajstić information content (AvgIpc) is 3.09. The summed E-state index contributed by atoms with van der Waals surface area (Å²) < 4.78 is 8.19. The lowest BCUT2D eigenvalue weighted by Crippen LogP contribution is -1.87. The van der Waals surface area contributed by atoms with Gasteiger partial charge in [0.1, 0.15) is 17.0 Å². The van der Waals surface area contributed by atoms with Gasteiger partial charge in [-0.3, -0.25) is 4.99 Å². The molecule has 3 aromatic carbocycles. The molecule has 0 saturated heterocycles. The molecular formula is C20H11BrI2N2O3. The van der Waals surface area contributed by atoms with E-state index >= 15 is 0 Å². The number of halogens is 3. The fraction of sp³-hybridized carbons (Fsp3) is 0. The van der Waals surface area contributed by atoms with Gasteiger partial charge in [0, 0.05) is 20.9 Å². The molecule has 1 heterocycles. The molecule has 140 valence electrons. The Morgan fingerprint density at radius 2 is 1.86 bits per heavy atom. The zero-order valence-corrected chi connectivity index (χ0v) is 19.9. The molecule has 0 spiro atoms. The molecule has 0 radical (unpaired) electrons. The zero-order valence-electron chi connectivity index (χ0n) is 14.0. The molecule has 2 N–H and O–H groups in total. The number of hydrogen-bond acceptors (Lipinski definition) is 5. The standard InChI is InChI=1S/C20H11BrI2N2O3/c21-14-6-10(1-3-17(14)26)20-25-16-8-13(2-4-18(16)28-20)24-9-11-5-12(22)7-15(23)19(11)27/h1-9,26-27H. The Labute approximate surface area is 195 Å². The van der Waals surface area contributed by atoms with Crippen LogP contribution in [0, 0.1) is 7.14 Å². The van der Waals surface area contributed by atoms with Gasteiger partial charge in [0.15, 0.2) is 5.58 Å². The summed E-state index contributed by atoms with van der Waals surface area (Å²) in [6.45, 7) is 0. The fourth-order valence-electron chi connectivity index (χ4n) is 2.59. The second-order valence-corrected chi connectivity index (χ2v) is 9.18. The number of rotatable bonds is 3. The summed E-state index contributed by atoms with van der Waals surface area (Å²) in [4.78, 5) is 8.98. The van der Waals surface area contributed by atoms with Crippen molar-refractivity contribution < 1.29 is 14.6 Å². The number of phenolic OH excluding ortho intramolecular Hbond substituents is 2. The fourth-order valence-corrected chi connectivity index (χ4v) is 4.86. The molecule has 0 aliphatic rings. The van der Waals surface area contributed by atoms with Gasteiger partial charge in [0.25, 0.3) is 0 Å². The van der Waals surface area contributed by atoms with Crippen LogP contribution < -0.4 is 0 Å². The number of aromatic hydroxyl groups is 2. The first-order chi connectivity index (χ1) is 13.4. The Balaban J connectivity index is 1.68. The summed E-state index contributed by atoms with van der Waals surface area (Å²) >= 11 is 7.60. The smallest absolute Gasteiger partial charge is 0.227 e. The van der Waals surface area contributed by atoms with E-state index in [0.717, 1.165) is 12.7 Å². The Morgan fingerprint density at radius 1 is 1.04 bits per heavy atom. The molecule has 4 aromatic rings. The van der Waals surface area contributed by atoms with Crippen LogP contribution in [0.15, 0.2) is 62.4 Å². The van der Waals surface area contributed by atoms with Gasteiger partial charge in [0.05, 0.1) is 13.7 Å². The van der Waals surface area contributed by atoms with E-state index in [1.54, 1.807) is 24.4 Å². The lowest BCUT2D eigenvalue weighted by molar-refractivity contribution is 0.470. The van der Waals surface area contributed by atoms with E-state index in [4.69, 9.17) is 4.42 Å². The van der Waals surface area contributed by atoms with Gasteiger partial charge in [-0.2, -0.15) is 0 Å². The van der Waals surface area contributed by atoms with Crippen LogP contribution in [0.2, 0.25) is 0 Å². The molecule has 28 heavy (non-hydrogen) atoms. The van der Waals surface area contributed by atoms with Crippen molar-refractivity contribution in [1.29, 1.82) is 0 Å². The van der Waals surface area contributed by atoms with Crippen LogP contribution >= 0.6 is 61.1 Å². The molecule has 4 rings (SSSR count). The molecule has 0 unspecified atom stereocenters. The van der Waals surface area contributed by atoms with Crippen molar-refractivity contribution in [3.05, 3.63) is 65.7 Å². The number of phenols is 2. The largest absolute Gasteiger partial charge is 0.507 e. The van der Waals surface area contributed by atoms with E-state index in [2.05, 4.69) is 71.1 Å². The highest BCUT2D eigenvalue weighted by atomic mass is 127. The number of benzene rings is 3.